The van der Waals surface area contributed by atoms with Crippen LogP contribution in [-0.2, 0) is 0 Å². The molecule has 0 nitrogen and oxygen atoms in total. The lowest BCUT2D eigenvalue weighted by atomic mass is 9.82. The molecular weight excluding hydrogens is 601 g/mol. The first-order chi connectivity index (χ1) is 24.8. The second-order valence-corrected chi connectivity index (χ2v) is 13.2. The normalized spacial score (nSPS) is 11.6. The lowest BCUT2D eigenvalue weighted by Gasteiger charge is -2.21. The van der Waals surface area contributed by atoms with E-state index in [1.165, 1.54) is 98.4 Å². The molecule has 0 heteroatoms. The largest absolute Gasteiger partial charge is 0.0622 e. The molecule has 0 atom stereocenters. The van der Waals surface area contributed by atoms with E-state index in [-0.39, 0.29) is 0 Å². The van der Waals surface area contributed by atoms with Gasteiger partial charge >= 0.3 is 0 Å². The Morgan fingerprint density at radius 3 is 1.12 bits per heavy atom. The molecule has 0 saturated carbocycles. The van der Waals surface area contributed by atoms with Gasteiger partial charge in [0.1, 0.15) is 0 Å². The third-order valence-corrected chi connectivity index (χ3v) is 10.4. The smallest absolute Gasteiger partial charge is 0.00201 e. The molecule has 0 fully saturated rings. The van der Waals surface area contributed by atoms with Crippen molar-refractivity contribution >= 4 is 53.9 Å². The number of hydrogen-bond acceptors (Lipinski definition) is 0. The lowest BCUT2D eigenvalue weighted by Crippen LogP contribution is -1.94. The summed E-state index contributed by atoms with van der Waals surface area (Å²) >= 11 is 0. The molecule has 0 aliphatic heterocycles. The molecular formula is C50H32. The zero-order valence-electron chi connectivity index (χ0n) is 27.5. The van der Waals surface area contributed by atoms with E-state index in [2.05, 4.69) is 194 Å². The molecule has 50 heavy (non-hydrogen) atoms. The monoisotopic (exact) mass is 632 g/mol. The van der Waals surface area contributed by atoms with Crippen LogP contribution in [0, 0.1) is 0 Å². The van der Waals surface area contributed by atoms with Gasteiger partial charge in [-0.05, 0) is 111 Å². The zero-order valence-corrected chi connectivity index (χ0v) is 27.5. The summed E-state index contributed by atoms with van der Waals surface area (Å²) in [6.45, 7) is 0. The highest BCUT2D eigenvalue weighted by atomic mass is 14.2. The van der Waals surface area contributed by atoms with Gasteiger partial charge in [0, 0.05) is 0 Å². The molecule has 0 spiro atoms. The SMILES string of the molecule is c1ccc(-c2c(-c3ccccc3)c3cc(-c4c5ccccc5c(-c5ccc6ccccc6c5)c5ccccc45)ccc3c3ccccc23)cc1. The predicted octanol–water partition coefficient (Wildman–Crippen LogP) is 14.1. The Balaban J connectivity index is 1.33. The number of benzene rings is 10. The summed E-state index contributed by atoms with van der Waals surface area (Å²) in [6.07, 6.45) is 0. The maximum Gasteiger partial charge on any atom is -0.00201 e. The summed E-state index contributed by atoms with van der Waals surface area (Å²) in [6, 6.07) is 71.3. The fraction of sp³-hybridized carbons (Fsp3) is 0. The second-order valence-electron chi connectivity index (χ2n) is 13.2. The topological polar surface area (TPSA) is 0 Å². The first-order valence-electron chi connectivity index (χ1n) is 17.4. The minimum atomic E-state index is 1.22. The molecule has 0 unspecified atom stereocenters. The van der Waals surface area contributed by atoms with Crippen LogP contribution in [0.5, 0.6) is 0 Å². The fourth-order valence-electron chi connectivity index (χ4n) is 8.25. The Morgan fingerprint density at radius 1 is 0.180 bits per heavy atom. The van der Waals surface area contributed by atoms with Crippen molar-refractivity contribution in [2.24, 2.45) is 0 Å². The number of fused-ring (bicyclic) bond motifs is 6. The van der Waals surface area contributed by atoms with Gasteiger partial charge in [-0.15, -0.1) is 0 Å². The molecule has 0 heterocycles. The van der Waals surface area contributed by atoms with Crippen molar-refractivity contribution in [2.45, 2.75) is 0 Å². The third-order valence-electron chi connectivity index (χ3n) is 10.4. The maximum atomic E-state index is 2.46. The minimum absolute atomic E-state index is 1.22. The molecule has 0 bridgehead atoms. The Hall–Kier alpha value is -6.50. The zero-order chi connectivity index (χ0) is 33.0. The van der Waals surface area contributed by atoms with Crippen LogP contribution in [0.3, 0.4) is 0 Å². The van der Waals surface area contributed by atoms with Gasteiger partial charge in [-0.25, -0.2) is 0 Å². The predicted molar refractivity (Wildman–Crippen MR) is 216 cm³/mol. The summed E-state index contributed by atoms with van der Waals surface area (Å²) in [4.78, 5) is 0. The molecule has 0 amide bonds. The van der Waals surface area contributed by atoms with E-state index in [0.29, 0.717) is 0 Å². The Bertz CT molecular complexity index is 2840. The Kier molecular flexibility index (Phi) is 6.60. The van der Waals surface area contributed by atoms with Crippen LogP contribution in [0.4, 0.5) is 0 Å². The third kappa shape index (κ3) is 4.46. The number of rotatable bonds is 4. The molecule has 232 valence electrons. The van der Waals surface area contributed by atoms with Crippen molar-refractivity contribution in [1.29, 1.82) is 0 Å². The van der Waals surface area contributed by atoms with E-state index in [1.807, 2.05) is 0 Å². The molecule has 10 aromatic rings. The van der Waals surface area contributed by atoms with Crippen molar-refractivity contribution in [3.63, 3.8) is 0 Å². The number of hydrogen-bond donors (Lipinski definition) is 0. The summed E-state index contributed by atoms with van der Waals surface area (Å²) in [5, 5.41) is 12.6. The molecule has 10 rings (SSSR count). The van der Waals surface area contributed by atoms with Crippen molar-refractivity contribution in [3.05, 3.63) is 194 Å². The summed E-state index contributed by atoms with van der Waals surface area (Å²) in [7, 11) is 0. The summed E-state index contributed by atoms with van der Waals surface area (Å²) in [5.74, 6) is 0. The Morgan fingerprint density at radius 2 is 0.560 bits per heavy atom. The van der Waals surface area contributed by atoms with Gasteiger partial charge in [-0.3, -0.25) is 0 Å². The van der Waals surface area contributed by atoms with Gasteiger partial charge in [0.25, 0.3) is 0 Å². The van der Waals surface area contributed by atoms with Crippen LogP contribution in [0.1, 0.15) is 0 Å². The molecule has 0 aliphatic carbocycles. The van der Waals surface area contributed by atoms with Crippen LogP contribution in [0.15, 0.2) is 194 Å². The van der Waals surface area contributed by atoms with Crippen LogP contribution in [0.25, 0.3) is 98.4 Å². The highest BCUT2D eigenvalue weighted by molar-refractivity contribution is 6.25. The molecule has 0 aromatic heterocycles. The van der Waals surface area contributed by atoms with E-state index in [1.54, 1.807) is 0 Å². The average Bonchev–Trinajstić information content (AvgIpc) is 3.19. The first kappa shape index (κ1) is 28.5. The lowest BCUT2D eigenvalue weighted by molar-refractivity contribution is 1.62. The van der Waals surface area contributed by atoms with E-state index < -0.39 is 0 Å². The van der Waals surface area contributed by atoms with Crippen molar-refractivity contribution in [2.75, 3.05) is 0 Å². The molecule has 10 aromatic carbocycles. The standard InChI is InChI=1S/C50H32/c1-3-16-34(17-4-1)49-41-22-10-9-21-39(41)40-30-29-38(32-46(40)50(49)35-18-5-2-6-19-35)48-44-25-13-11-23-42(44)47(43-24-12-14-26-45(43)48)37-28-27-33-15-7-8-20-36(33)31-37/h1-32H. The van der Waals surface area contributed by atoms with Crippen LogP contribution in [0.2, 0.25) is 0 Å². The maximum absolute atomic E-state index is 2.46. The van der Waals surface area contributed by atoms with Gasteiger partial charge in [0.2, 0.25) is 0 Å². The minimum Gasteiger partial charge on any atom is -0.0622 e. The second kappa shape index (κ2) is 11.6. The van der Waals surface area contributed by atoms with Gasteiger partial charge < -0.3 is 0 Å². The van der Waals surface area contributed by atoms with Gasteiger partial charge in [0.15, 0.2) is 0 Å². The highest BCUT2D eigenvalue weighted by Crippen LogP contribution is 2.48. The summed E-state index contributed by atoms with van der Waals surface area (Å²) < 4.78 is 0. The van der Waals surface area contributed by atoms with Crippen molar-refractivity contribution < 1.29 is 0 Å². The van der Waals surface area contributed by atoms with Crippen molar-refractivity contribution in [1.82, 2.24) is 0 Å². The average molecular weight is 633 g/mol. The molecule has 0 N–H and O–H groups in total. The van der Waals surface area contributed by atoms with E-state index in [0.717, 1.165) is 0 Å². The van der Waals surface area contributed by atoms with Crippen LogP contribution in [-0.4, -0.2) is 0 Å². The van der Waals surface area contributed by atoms with Crippen LogP contribution < -0.4 is 0 Å². The molecule has 0 saturated heterocycles. The fourth-order valence-corrected chi connectivity index (χ4v) is 8.25. The van der Waals surface area contributed by atoms with Crippen molar-refractivity contribution in [3.8, 4) is 44.5 Å². The first-order valence-corrected chi connectivity index (χ1v) is 17.4. The quantitative estimate of drug-likeness (QED) is 0.134. The van der Waals surface area contributed by atoms with Gasteiger partial charge in [-0.2, -0.15) is 0 Å². The van der Waals surface area contributed by atoms with Gasteiger partial charge in [0.05, 0.1) is 0 Å². The van der Waals surface area contributed by atoms with Gasteiger partial charge in [-0.1, -0.05) is 182 Å². The van der Waals surface area contributed by atoms with E-state index in [9.17, 15) is 0 Å². The van der Waals surface area contributed by atoms with E-state index in [4.69, 9.17) is 0 Å². The highest BCUT2D eigenvalue weighted by Gasteiger charge is 2.21. The molecule has 0 radical (unpaired) electrons. The molecule has 0 aliphatic rings. The van der Waals surface area contributed by atoms with Crippen LogP contribution >= 0.6 is 0 Å². The Labute approximate surface area is 291 Å². The van der Waals surface area contributed by atoms with E-state index >= 15 is 0 Å². The summed E-state index contributed by atoms with van der Waals surface area (Å²) in [5.41, 5.74) is 10.0.